The summed E-state index contributed by atoms with van der Waals surface area (Å²) in [6, 6.07) is 3.46. The summed E-state index contributed by atoms with van der Waals surface area (Å²) in [5.41, 5.74) is 0. The number of hydrogen-bond acceptors (Lipinski definition) is 3. The standard InChI is InChI=1S/C10H15NO2S2/c1-9-4-2-6-11(8-9)15(12,13)10-5-3-7-14-10/h3,5,7,9H,2,4,6,8H2,1H3/t9-/m1/s1. The third-order valence-electron chi connectivity index (χ3n) is 2.71. The van der Waals surface area contributed by atoms with E-state index in [1.165, 1.54) is 11.3 Å². The van der Waals surface area contributed by atoms with Crippen molar-refractivity contribution in [2.75, 3.05) is 13.1 Å². The molecule has 1 aliphatic rings. The molecule has 0 bridgehead atoms. The first kappa shape index (κ1) is 11.1. The highest BCUT2D eigenvalue weighted by Crippen LogP contribution is 2.25. The Morgan fingerprint density at radius 1 is 1.53 bits per heavy atom. The second-order valence-electron chi connectivity index (χ2n) is 4.04. The van der Waals surface area contributed by atoms with E-state index in [-0.39, 0.29) is 0 Å². The third kappa shape index (κ3) is 2.24. The summed E-state index contributed by atoms with van der Waals surface area (Å²) in [6.45, 7) is 3.45. The van der Waals surface area contributed by atoms with Crippen LogP contribution in [0.15, 0.2) is 21.7 Å². The average molecular weight is 245 g/mol. The van der Waals surface area contributed by atoms with Crippen LogP contribution in [0.1, 0.15) is 19.8 Å². The van der Waals surface area contributed by atoms with Gasteiger partial charge in [-0.3, -0.25) is 0 Å². The first-order valence-corrected chi connectivity index (χ1v) is 7.46. The molecule has 0 unspecified atom stereocenters. The minimum Gasteiger partial charge on any atom is -0.206 e. The van der Waals surface area contributed by atoms with Crippen LogP contribution in [0.3, 0.4) is 0 Å². The lowest BCUT2D eigenvalue weighted by molar-refractivity contribution is 0.281. The molecule has 1 saturated heterocycles. The maximum absolute atomic E-state index is 12.1. The minimum atomic E-state index is -3.20. The molecule has 0 N–H and O–H groups in total. The lowest BCUT2D eigenvalue weighted by Gasteiger charge is -2.29. The maximum atomic E-state index is 12.1. The zero-order valence-corrected chi connectivity index (χ0v) is 10.4. The number of nitrogens with zero attached hydrogens (tertiary/aromatic N) is 1. The molecule has 5 heteroatoms. The van der Waals surface area contributed by atoms with Gasteiger partial charge in [-0.25, -0.2) is 8.42 Å². The molecule has 1 aliphatic heterocycles. The summed E-state index contributed by atoms with van der Waals surface area (Å²) in [5, 5.41) is 1.81. The van der Waals surface area contributed by atoms with Gasteiger partial charge in [-0.15, -0.1) is 11.3 Å². The highest BCUT2D eigenvalue weighted by atomic mass is 32.2. The summed E-state index contributed by atoms with van der Waals surface area (Å²) < 4.78 is 26.3. The van der Waals surface area contributed by atoms with E-state index in [2.05, 4.69) is 6.92 Å². The van der Waals surface area contributed by atoms with Crippen molar-refractivity contribution < 1.29 is 8.42 Å². The molecular formula is C10H15NO2S2. The van der Waals surface area contributed by atoms with Gasteiger partial charge >= 0.3 is 0 Å². The van der Waals surface area contributed by atoms with Crippen LogP contribution >= 0.6 is 11.3 Å². The van der Waals surface area contributed by atoms with Crippen LogP contribution in [0, 0.1) is 5.92 Å². The van der Waals surface area contributed by atoms with E-state index in [0.717, 1.165) is 12.8 Å². The molecule has 3 nitrogen and oxygen atoms in total. The fourth-order valence-electron chi connectivity index (χ4n) is 1.90. The van der Waals surface area contributed by atoms with Crippen LogP contribution in [-0.4, -0.2) is 25.8 Å². The topological polar surface area (TPSA) is 37.4 Å². The molecule has 0 aromatic carbocycles. The van der Waals surface area contributed by atoms with Gasteiger partial charge in [-0.1, -0.05) is 13.0 Å². The smallest absolute Gasteiger partial charge is 0.206 e. The Bertz CT molecular complexity index is 411. The van der Waals surface area contributed by atoms with Crippen LogP contribution in [0.4, 0.5) is 0 Å². The van der Waals surface area contributed by atoms with Crippen LogP contribution in [0.2, 0.25) is 0 Å². The van der Waals surface area contributed by atoms with Crippen LogP contribution in [0.25, 0.3) is 0 Å². The van der Waals surface area contributed by atoms with Crippen molar-refractivity contribution in [1.29, 1.82) is 0 Å². The number of piperidine rings is 1. The monoisotopic (exact) mass is 245 g/mol. The predicted molar refractivity (Wildman–Crippen MR) is 61.5 cm³/mol. The van der Waals surface area contributed by atoms with E-state index >= 15 is 0 Å². The first-order chi connectivity index (χ1) is 7.10. The Morgan fingerprint density at radius 3 is 2.93 bits per heavy atom. The SMILES string of the molecule is C[C@@H]1CCCN(S(=O)(=O)c2cccs2)C1. The summed E-state index contributed by atoms with van der Waals surface area (Å²) >= 11 is 1.30. The molecule has 1 aromatic heterocycles. The highest BCUT2D eigenvalue weighted by molar-refractivity contribution is 7.91. The lowest BCUT2D eigenvalue weighted by atomic mass is 10.0. The molecule has 2 rings (SSSR count). The minimum absolute atomic E-state index is 0.469. The third-order valence-corrected chi connectivity index (χ3v) is 5.95. The molecule has 2 heterocycles. The van der Waals surface area contributed by atoms with Gasteiger partial charge in [-0.05, 0) is 30.2 Å². The van der Waals surface area contributed by atoms with Crippen molar-refractivity contribution in [2.45, 2.75) is 24.0 Å². The second kappa shape index (κ2) is 4.23. The average Bonchev–Trinajstić information content (AvgIpc) is 2.71. The Labute approximate surface area is 94.8 Å². The molecular weight excluding hydrogens is 230 g/mol. The lowest BCUT2D eigenvalue weighted by Crippen LogP contribution is -2.38. The summed E-state index contributed by atoms with van der Waals surface area (Å²) in [6.07, 6.45) is 2.11. The molecule has 15 heavy (non-hydrogen) atoms. The van der Waals surface area contributed by atoms with Gasteiger partial charge in [0.1, 0.15) is 4.21 Å². The molecule has 0 saturated carbocycles. The quantitative estimate of drug-likeness (QED) is 0.801. The van der Waals surface area contributed by atoms with E-state index in [1.54, 1.807) is 21.8 Å². The van der Waals surface area contributed by atoms with Crippen molar-refractivity contribution in [3.8, 4) is 0 Å². The van der Waals surface area contributed by atoms with Gasteiger partial charge in [0.2, 0.25) is 0 Å². The van der Waals surface area contributed by atoms with Crippen molar-refractivity contribution in [2.24, 2.45) is 5.92 Å². The highest BCUT2D eigenvalue weighted by Gasteiger charge is 2.28. The Kier molecular flexibility index (Phi) is 3.13. The number of thiophene rings is 1. The van der Waals surface area contributed by atoms with Crippen molar-refractivity contribution >= 4 is 21.4 Å². The summed E-state index contributed by atoms with van der Waals surface area (Å²) in [4.78, 5) is 0. The Balaban J connectivity index is 2.22. The number of sulfonamides is 1. The molecule has 0 amide bonds. The van der Waals surface area contributed by atoms with Gasteiger partial charge in [0, 0.05) is 13.1 Å². The van der Waals surface area contributed by atoms with Crippen molar-refractivity contribution in [3.63, 3.8) is 0 Å². The molecule has 1 fully saturated rings. The maximum Gasteiger partial charge on any atom is 0.252 e. The predicted octanol–water partition coefficient (Wildman–Crippen LogP) is 2.17. The van der Waals surface area contributed by atoms with E-state index in [1.807, 2.05) is 0 Å². The van der Waals surface area contributed by atoms with E-state index < -0.39 is 10.0 Å². The van der Waals surface area contributed by atoms with E-state index in [0.29, 0.717) is 23.2 Å². The summed E-state index contributed by atoms with van der Waals surface area (Å²) in [5.74, 6) is 0.480. The fourth-order valence-corrected chi connectivity index (χ4v) is 4.65. The zero-order chi connectivity index (χ0) is 10.9. The van der Waals surface area contributed by atoms with Gasteiger partial charge in [0.25, 0.3) is 10.0 Å². The van der Waals surface area contributed by atoms with Crippen molar-refractivity contribution in [3.05, 3.63) is 17.5 Å². The molecule has 1 aromatic rings. The first-order valence-electron chi connectivity index (χ1n) is 5.14. The normalized spacial score (nSPS) is 24.2. The van der Waals surface area contributed by atoms with Gasteiger partial charge in [0.05, 0.1) is 0 Å². The molecule has 0 radical (unpaired) electrons. The number of hydrogen-bond donors (Lipinski definition) is 0. The van der Waals surface area contributed by atoms with Crippen LogP contribution in [-0.2, 0) is 10.0 Å². The molecule has 0 aliphatic carbocycles. The molecule has 84 valence electrons. The van der Waals surface area contributed by atoms with Gasteiger partial charge in [-0.2, -0.15) is 4.31 Å². The molecule has 1 atom stereocenters. The van der Waals surface area contributed by atoms with E-state index in [4.69, 9.17) is 0 Å². The van der Waals surface area contributed by atoms with Crippen LogP contribution in [0.5, 0.6) is 0 Å². The summed E-state index contributed by atoms with van der Waals surface area (Å²) in [7, 11) is -3.20. The fraction of sp³-hybridized carbons (Fsp3) is 0.600. The largest absolute Gasteiger partial charge is 0.252 e. The van der Waals surface area contributed by atoms with Gasteiger partial charge < -0.3 is 0 Å². The zero-order valence-electron chi connectivity index (χ0n) is 8.72. The molecule has 0 spiro atoms. The van der Waals surface area contributed by atoms with Crippen LogP contribution < -0.4 is 0 Å². The van der Waals surface area contributed by atoms with Gasteiger partial charge in [0.15, 0.2) is 0 Å². The van der Waals surface area contributed by atoms with E-state index in [9.17, 15) is 8.42 Å². The van der Waals surface area contributed by atoms with Crippen molar-refractivity contribution in [1.82, 2.24) is 4.31 Å². The Morgan fingerprint density at radius 2 is 2.33 bits per heavy atom. The number of rotatable bonds is 2. The second-order valence-corrected chi connectivity index (χ2v) is 7.16. The Hall–Kier alpha value is -0.390.